The van der Waals surface area contributed by atoms with Crippen molar-refractivity contribution >= 4 is 40.1 Å². The van der Waals surface area contributed by atoms with Crippen LogP contribution in [0.5, 0.6) is 0 Å². The van der Waals surface area contributed by atoms with Crippen molar-refractivity contribution in [2.24, 2.45) is 11.8 Å². The lowest BCUT2D eigenvalue weighted by molar-refractivity contribution is -0.139. The van der Waals surface area contributed by atoms with E-state index in [1.54, 1.807) is 35.4 Å². The lowest BCUT2D eigenvalue weighted by Gasteiger charge is -2.27. The molecule has 0 radical (unpaired) electrons. The molecule has 0 spiro atoms. The second-order valence-electron chi connectivity index (χ2n) is 9.97. The summed E-state index contributed by atoms with van der Waals surface area (Å²) in [5.74, 6) is -0.335. The molecule has 1 saturated heterocycles. The highest BCUT2D eigenvalue weighted by atomic mass is 35.5. The van der Waals surface area contributed by atoms with Crippen molar-refractivity contribution in [1.82, 2.24) is 19.7 Å². The second kappa shape index (κ2) is 8.22. The normalized spacial score (nSPS) is 26.6. The van der Waals surface area contributed by atoms with Gasteiger partial charge in [0.15, 0.2) is 17.2 Å². The molecule has 0 bridgehead atoms. The van der Waals surface area contributed by atoms with E-state index in [9.17, 15) is 18.8 Å². The maximum atomic E-state index is 14.4. The first-order chi connectivity index (χ1) is 16.8. The van der Waals surface area contributed by atoms with Crippen molar-refractivity contribution in [3.8, 4) is 0 Å². The lowest BCUT2D eigenvalue weighted by Crippen LogP contribution is -2.44. The molecular formula is C26H24ClFN4O3. The Balaban J connectivity index is 1.17. The molecule has 35 heavy (non-hydrogen) atoms. The van der Waals surface area contributed by atoms with Gasteiger partial charge in [-0.15, -0.1) is 0 Å². The Labute approximate surface area is 206 Å². The molecule has 1 aromatic carbocycles. The van der Waals surface area contributed by atoms with E-state index in [0.717, 1.165) is 12.8 Å². The van der Waals surface area contributed by atoms with Gasteiger partial charge >= 0.3 is 0 Å². The predicted octanol–water partition coefficient (Wildman–Crippen LogP) is 4.18. The maximum Gasteiger partial charge on any atom is 0.245 e. The number of carbonyl (C=O) groups excluding carboxylic acids is 3. The van der Waals surface area contributed by atoms with Crippen molar-refractivity contribution in [3.63, 3.8) is 0 Å². The summed E-state index contributed by atoms with van der Waals surface area (Å²) in [6, 6.07) is 8.10. The minimum absolute atomic E-state index is 0.00995. The van der Waals surface area contributed by atoms with Crippen LogP contribution in [-0.4, -0.2) is 49.2 Å². The van der Waals surface area contributed by atoms with Crippen molar-refractivity contribution in [2.75, 3.05) is 0 Å². The van der Waals surface area contributed by atoms with Crippen LogP contribution in [0.25, 0.3) is 11.0 Å². The molecule has 9 heteroatoms. The highest BCUT2D eigenvalue weighted by molar-refractivity contribution is 6.30. The van der Waals surface area contributed by atoms with Crippen LogP contribution >= 0.6 is 11.6 Å². The highest BCUT2D eigenvalue weighted by Gasteiger charge is 2.56. The van der Waals surface area contributed by atoms with E-state index in [4.69, 9.17) is 11.6 Å². The molecule has 3 heterocycles. The summed E-state index contributed by atoms with van der Waals surface area (Å²) in [6.45, 7) is 1.36. The van der Waals surface area contributed by atoms with E-state index in [-0.39, 0.29) is 52.6 Å². The number of likely N-dealkylation sites (tertiary alicyclic amines) is 1. The van der Waals surface area contributed by atoms with Crippen molar-refractivity contribution in [1.29, 1.82) is 0 Å². The molecule has 2 aromatic heterocycles. The number of nitrogens with zero attached hydrogens (tertiary/aromatic N) is 4. The van der Waals surface area contributed by atoms with Crippen molar-refractivity contribution < 1.29 is 18.8 Å². The Morgan fingerprint density at radius 2 is 1.97 bits per heavy atom. The van der Waals surface area contributed by atoms with Gasteiger partial charge < -0.3 is 4.90 Å². The molecule has 180 valence electrons. The summed E-state index contributed by atoms with van der Waals surface area (Å²) in [6.07, 6.45) is 4.25. The Hall–Kier alpha value is -3.13. The molecule has 6 rings (SSSR count). The zero-order chi connectivity index (χ0) is 24.4. The van der Waals surface area contributed by atoms with Gasteiger partial charge in [-0.25, -0.2) is 14.1 Å². The summed E-state index contributed by atoms with van der Waals surface area (Å²) < 4.78 is 15.9. The monoisotopic (exact) mass is 494 g/mol. The molecule has 3 aromatic rings. The van der Waals surface area contributed by atoms with Gasteiger partial charge in [0.1, 0.15) is 18.1 Å². The van der Waals surface area contributed by atoms with Crippen LogP contribution in [0.1, 0.15) is 54.6 Å². The summed E-state index contributed by atoms with van der Waals surface area (Å²) in [5, 5.41) is 5.06. The molecule has 2 saturated carbocycles. The number of piperidine rings is 1. The number of hydrogen-bond acceptors (Lipinski definition) is 5. The van der Waals surface area contributed by atoms with E-state index < -0.39 is 11.9 Å². The zero-order valence-electron chi connectivity index (χ0n) is 19.2. The minimum Gasteiger partial charge on any atom is -0.328 e. The summed E-state index contributed by atoms with van der Waals surface area (Å²) in [5.41, 5.74) is 1.33. The molecule has 0 unspecified atom stereocenters. The molecule has 1 aliphatic heterocycles. The van der Waals surface area contributed by atoms with Gasteiger partial charge in [-0.2, -0.15) is 5.10 Å². The fourth-order valence-corrected chi connectivity index (χ4v) is 5.93. The van der Waals surface area contributed by atoms with E-state index in [0.29, 0.717) is 35.4 Å². The Kier molecular flexibility index (Phi) is 5.25. The van der Waals surface area contributed by atoms with Gasteiger partial charge in [0.25, 0.3) is 0 Å². The van der Waals surface area contributed by atoms with E-state index in [1.165, 1.54) is 17.7 Å². The van der Waals surface area contributed by atoms with E-state index in [1.807, 2.05) is 0 Å². The number of halogens is 2. The molecule has 3 aliphatic rings. The maximum absolute atomic E-state index is 14.4. The third kappa shape index (κ3) is 3.84. The largest absolute Gasteiger partial charge is 0.328 e. The predicted molar refractivity (Wildman–Crippen MR) is 127 cm³/mol. The second-order valence-corrected chi connectivity index (χ2v) is 10.4. The summed E-state index contributed by atoms with van der Waals surface area (Å²) in [7, 11) is 0. The van der Waals surface area contributed by atoms with E-state index in [2.05, 4.69) is 10.1 Å². The number of pyridine rings is 1. The fraction of sp³-hybridized carbons (Fsp3) is 0.423. The van der Waals surface area contributed by atoms with E-state index >= 15 is 0 Å². The van der Waals surface area contributed by atoms with Gasteiger partial charge in [-0.05, 0) is 60.8 Å². The van der Waals surface area contributed by atoms with Crippen LogP contribution in [0.3, 0.4) is 0 Å². The SMILES string of the molecule is CC(=O)c1nn(CC(=O)N2[C@@H]3C[C@@H]3C[C@H]2C(=O)C[C@@H]2C[C@H]2c2cccc(Cl)c2F)c2ncccc12. The van der Waals surface area contributed by atoms with Crippen LogP contribution in [0.4, 0.5) is 4.39 Å². The van der Waals surface area contributed by atoms with Gasteiger partial charge in [0.2, 0.25) is 5.91 Å². The van der Waals surface area contributed by atoms with Crippen LogP contribution in [0.15, 0.2) is 36.5 Å². The van der Waals surface area contributed by atoms with Crippen molar-refractivity contribution in [3.05, 3.63) is 58.6 Å². The van der Waals surface area contributed by atoms with Crippen LogP contribution in [0, 0.1) is 17.7 Å². The van der Waals surface area contributed by atoms with Crippen molar-refractivity contribution in [2.45, 2.75) is 57.2 Å². The summed E-state index contributed by atoms with van der Waals surface area (Å²) >= 11 is 5.92. The smallest absolute Gasteiger partial charge is 0.245 e. The molecule has 1 amide bonds. The number of hydrogen-bond donors (Lipinski definition) is 0. The number of fused-ring (bicyclic) bond motifs is 2. The van der Waals surface area contributed by atoms with Gasteiger partial charge in [-0.3, -0.25) is 14.4 Å². The zero-order valence-corrected chi connectivity index (χ0v) is 19.9. The topological polar surface area (TPSA) is 85.2 Å². The third-order valence-electron chi connectivity index (χ3n) is 7.66. The van der Waals surface area contributed by atoms with Crippen LogP contribution in [0.2, 0.25) is 5.02 Å². The Morgan fingerprint density at radius 3 is 2.77 bits per heavy atom. The standard InChI is InChI=1S/C26H24ClFN4O3/c1-13(33)25-17-5-3-7-29-26(17)31(30-25)12-23(35)32-20-9-15(20)10-21(32)22(34)11-14-8-18(14)16-4-2-6-19(27)24(16)28/h2-7,14-15,18,20-21H,8-12H2,1H3/t14-,15+,18+,20+,21-/m0/s1. The number of benzene rings is 1. The number of Topliss-reactive ketones (excluding diaryl/α,β-unsaturated/α-hetero) is 2. The Bertz CT molecular complexity index is 1390. The first kappa shape index (κ1) is 22.3. The third-order valence-corrected chi connectivity index (χ3v) is 7.95. The Morgan fingerprint density at radius 1 is 1.14 bits per heavy atom. The molecule has 0 N–H and O–H groups in total. The quantitative estimate of drug-likeness (QED) is 0.460. The first-order valence-electron chi connectivity index (χ1n) is 11.9. The summed E-state index contributed by atoms with van der Waals surface area (Å²) in [4.78, 5) is 44.7. The number of carbonyl (C=O) groups is 3. The average molecular weight is 495 g/mol. The highest BCUT2D eigenvalue weighted by Crippen LogP contribution is 2.53. The number of rotatable bonds is 7. The number of ketones is 2. The first-order valence-corrected chi connectivity index (χ1v) is 12.3. The number of amides is 1. The molecule has 5 atom stereocenters. The fourth-order valence-electron chi connectivity index (χ4n) is 5.75. The van der Waals surface area contributed by atoms with Gasteiger partial charge in [0, 0.05) is 25.6 Å². The van der Waals surface area contributed by atoms with Crippen LogP contribution < -0.4 is 0 Å². The minimum atomic E-state index is -0.459. The van der Waals surface area contributed by atoms with Crippen LogP contribution in [-0.2, 0) is 16.1 Å². The van der Waals surface area contributed by atoms with Gasteiger partial charge in [0.05, 0.1) is 16.5 Å². The average Bonchev–Trinajstić information content (AvgIpc) is 3.71. The molecular weight excluding hydrogens is 471 g/mol. The van der Waals surface area contributed by atoms with Gasteiger partial charge in [-0.1, -0.05) is 23.7 Å². The molecule has 7 nitrogen and oxygen atoms in total. The lowest BCUT2D eigenvalue weighted by atomic mass is 10.00. The molecule has 3 fully saturated rings. The molecule has 2 aliphatic carbocycles. The number of aromatic nitrogens is 3.